The number of esters is 4. The van der Waals surface area contributed by atoms with Crippen molar-refractivity contribution in [3.05, 3.63) is 95.6 Å². The van der Waals surface area contributed by atoms with E-state index in [0.29, 0.717) is 11.1 Å². The first-order valence-corrected chi connectivity index (χ1v) is 19.6. The second kappa shape index (κ2) is 18.0. The summed E-state index contributed by atoms with van der Waals surface area (Å²) in [6, 6.07) is 15.7. The van der Waals surface area contributed by atoms with Crippen molar-refractivity contribution in [1.82, 2.24) is 25.3 Å². The van der Waals surface area contributed by atoms with Gasteiger partial charge in [-0.25, -0.2) is 14.4 Å². The molecule has 0 radical (unpaired) electrons. The molecule has 3 aromatic rings. The van der Waals surface area contributed by atoms with Crippen LogP contribution in [0.3, 0.4) is 0 Å². The molecule has 0 saturated carbocycles. The van der Waals surface area contributed by atoms with Gasteiger partial charge in [-0.3, -0.25) is 33.7 Å². The van der Waals surface area contributed by atoms with Crippen molar-refractivity contribution in [1.29, 1.82) is 0 Å². The zero-order chi connectivity index (χ0) is 43.3. The maximum Gasteiger partial charge on any atom is 0.338 e. The summed E-state index contributed by atoms with van der Waals surface area (Å²) in [5.41, 5.74) is 0.900. The molecule has 18 nitrogen and oxygen atoms in total. The van der Waals surface area contributed by atoms with Crippen LogP contribution >= 0.6 is 11.8 Å². The molecule has 3 aliphatic rings. The van der Waals surface area contributed by atoms with Crippen LogP contribution in [0.15, 0.2) is 78.9 Å². The summed E-state index contributed by atoms with van der Waals surface area (Å²) in [6.45, 7) is 5.29. The number of imide groups is 1. The molecule has 3 aromatic carbocycles. The summed E-state index contributed by atoms with van der Waals surface area (Å²) >= 11 is 1.08. The van der Waals surface area contributed by atoms with Crippen LogP contribution in [0, 0.1) is 0 Å². The molecule has 3 saturated heterocycles. The Kier molecular flexibility index (Phi) is 12.9. The Morgan fingerprint density at radius 1 is 0.833 bits per heavy atom. The minimum absolute atomic E-state index is 0.0891. The van der Waals surface area contributed by atoms with Gasteiger partial charge in [0.15, 0.2) is 11.5 Å². The molecule has 5 atom stereocenters. The summed E-state index contributed by atoms with van der Waals surface area (Å²) in [4.78, 5) is 121. The zero-order valence-corrected chi connectivity index (χ0v) is 33.7. The molecule has 19 heteroatoms. The third-order valence-corrected chi connectivity index (χ3v) is 11.5. The van der Waals surface area contributed by atoms with Gasteiger partial charge >= 0.3 is 41.7 Å². The molecule has 2 N–H and O–H groups in total. The van der Waals surface area contributed by atoms with E-state index in [1.807, 2.05) is 0 Å². The van der Waals surface area contributed by atoms with Crippen molar-refractivity contribution < 1.29 is 62.1 Å². The Balaban J connectivity index is 1.21. The number of urea groups is 1. The average Bonchev–Trinajstić information content (AvgIpc) is 3.51. The number of thioether (sulfide) groups is 1. The second-order valence-electron chi connectivity index (χ2n) is 14.1. The lowest BCUT2D eigenvalue weighted by atomic mass is 9.94. The molecule has 60 heavy (non-hydrogen) atoms. The minimum Gasteiger partial charge on any atom is -0.461 e. The van der Waals surface area contributed by atoms with Gasteiger partial charge in [-0.1, -0.05) is 60.7 Å². The van der Waals surface area contributed by atoms with Crippen molar-refractivity contribution in [2.45, 2.75) is 62.5 Å². The molecule has 3 heterocycles. The van der Waals surface area contributed by atoms with Crippen molar-refractivity contribution in [3.8, 4) is 11.5 Å². The van der Waals surface area contributed by atoms with Gasteiger partial charge in [0.25, 0.3) is 0 Å². The molecular formula is C41H41N5O13S. The number of fused-ring (bicyclic) bond motifs is 1. The second-order valence-corrected chi connectivity index (χ2v) is 15.8. The average molecular weight is 844 g/mol. The first-order valence-electron chi connectivity index (χ1n) is 18.8. The largest absolute Gasteiger partial charge is 0.461 e. The van der Waals surface area contributed by atoms with Crippen LogP contribution in [0.4, 0.5) is 4.79 Å². The SMILES string of the molecule is CCN1CCN(C(=O)NC(C(=O)NC2C(=O)N3C2SC(C)(COC(=O)c2ccc(OC(C)=O)c(OC(C)=O)c2)C3C(=O)OCc2ccccc2)c2ccccc2)C(=O)C1=O. The monoisotopic (exact) mass is 843 g/mol. The van der Waals surface area contributed by atoms with E-state index in [-0.39, 0.29) is 43.3 Å². The molecule has 3 aliphatic heterocycles. The summed E-state index contributed by atoms with van der Waals surface area (Å²) in [5.74, 6) is -6.84. The Morgan fingerprint density at radius 3 is 2.13 bits per heavy atom. The van der Waals surface area contributed by atoms with Crippen LogP contribution in [0.1, 0.15) is 55.2 Å². The van der Waals surface area contributed by atoms with Crippen molar-refractivity contribution in [3.63, 3.8) is 0 Å². The number of nitrogens with one attached hydrogen (secondary N) is 2. The predicted molar refractivity (Wildman–Crippen MR) is 210 cm³/mol. The molecule has 6 rings (SSSR count). The molecule has 0 bridgehead atoms. The lowest BCUT2D eigenvalue weighted by Gasteiger charge is -2.44. The van der Waals surface area contributed by atoms with Crippen molar-refractivity contribution in [2.75, 3.05) is 26.2 Å². The first-order chi connectivity index (χ1) is 28.6. The third kappa shape index (κ3) is 9.10. The summed E-state index contributed by atoms with van der Waals surface area (Å²) in [6.07, 6.45) is 0. The summed E-state index contributed by atoms with van der Waals surface area (Å²) in [7, 11) is 0. The summed E-state index contributed by atoms with van der Waals surface area (Å²) < 4.78 is 20.2. The minimum atomic E-state index is -1.41. The van der Waals surface area contributed by atoms with Crippen molar-refractivity contribution in [2.24, 2.45) is 0 Å². The number of carbonyl (C=O) groups excluding carboxylic acids is 9. The number of amides is 6. The molecular weight excluding hydrogens is 803 g/mol. The molecule has 5 unspecified atom stereocenters. The van der Waals surface area contributed by atoms with Crippen LogP contribution in [0.5, 0.6) is 11.5 Å². The van der Waals surface area contributed by atoms with Gasteiger partial charge in [0.05, 0.1) is 10.3 Å². The highest BCUT2D eigenvalue weighted by Gasteiger charge is 2.66. The molecule has 6 amide bonds. The Morgan fingerprint density at radius 2 is 1.48 bits per heavy atom. The number of piperazine rings is 1. The fourth-order valence-electron chi connectivity index (χ4n) is 6.89. The molecule has 314 valence electrons. The van der Waals surface area contributed by atoms with E-state index < -0.39 is 88.4 Å². The van der Waals surface area contributed by atoms with Gasteiger partial charge in [-0.05, 0) is 43.2 Å². The van der Waals surface area contributed by atoms with Crippen LogP contribution < -0.4 is 20.1 Å². The molecule has 3 fully saturated rings. The number of β-lactam (4-membered cyclic amide) rings is 1. The van der Waals surface area contributed by atoms with Gasteiger partial charge < -0.3 is 39.4 Å². The highest BCUT2D eigenvalue weighted by Crippen LogP contribution is 2.52. The van der Waals surface area contributed by atoms with Gasteiger partial charge in [0.2, 0.25) is 11.8 Å². The highest BCUT2D eigenvalue weighted by molar-refractivity contribution is 8.01. The van der Waals surface area contributed by atoms with E-state index >= 15 is 0 Å². The third-order valence-electron chi connectivity index (χ3n) is 9.85. The maximum atomic E-state index is 14.0. The zero-order valence-electron chi connectivity index (χ0n) is 32.9. The fraction of sp³-hybridized carbons (Fsp3) is 0.341. The number of rotatable bonds is 13. The maximum absolute atomic E-state index is 14.0. The van der Waals surface area contributed by atoms with Gasteiger partial charge in [0.1, 0.15) is 36.7 Å². The number of ether oxygens (including phenoxy) is 4. The van der Waals surface area contributed by atoms with E-state index in [1.165, 1.54) is 21.9 Å². The van der Waals surface area contributed by atoms with Crippen LogP contribution in [0.25, 0.3) is 0 Å². The fourth-order valence-corrected chi connectivity index (χ4v) is 8.57. The quantitative estimate of drug-likeness (QED) is 0.109. The predicted octanol–water partition coefficient (Wildman–Crippen LogP) is 2.11. The van der Waals surface area contributed by atoms with E-state index in [0.717, 1.165) is 36.6 Å². The number of hydrogen-bond acceptors (Lipinski definition) is 14. The van der Waals surface area contributed by atoms with Crippen LogP contribution in [0.2, 0.25) is 0 Å². The van der Waals surface area contributed by atoms with Crippen LogP contribution in [-0.2, 0) is 49.6 Å². The standard InChI is InChI=1S/C41H41N5O13S/c1-5-44-18-19-45(36(52)35(44)51)40(55)43-30(26-14-10-7-11-15-26)33(49)42-31-34(50)46-32(39(54)56-21-25-12-8-6-9-13-25)41(4,60-37(31)46)22-57-38(53)27-16-17-28(58-23(2)47)29(20-27)59-24(3)48/h6-17,20,30-32,37H,5,18-19,21-22H2,1-4H3,(H,42,49)(H,43,55). The number of benzene rings is 3. The highest BCUT2D eigenvalue weighted by atomic mass is 32.2. The number of carbonyl (C=O) groups is 9. The van der Waals surface area contributed by atoms with Gasteiger partial charge in [0, 0.05) is 33.5 Å². The smallest absolute Gasteiger partial charge is 0.338 e. The van der Waals surface area contributed by atoms with Crippen LogP contribution in [-0.4, -0.2) is 117 Å². The molecule has 0 spiro atoms. The number of likely N-dealkylation sites (N-methyl/N-ethyl adjacent to an activating group) is 1. The first kappa shape index (κ1) is 42.8. The van der Waals surface area contributed by atoms with E-state index in [2.05, 4.69) is 10.6 Å². The molecule has 0 aromatic heterocycles. The lowest BCUT2D eigenvalue weighted by Crippen LogP contribution is -2.71. The van der Waals surface area contributed by atoms with Crippen molar-refractivity contribution >= 4 is 65.3 Å². The van der Waals surface area contributed by atoms with E-state index in [1.54, 1.807) is 74.5 Å². The normalized spacial score (nSPS) is 21.2. The van der Waals surface area contributed by atoms with E-state index in [4.69, 9.17) is 18.9 Å². The topological polar surface area (TPSA) is 224 Å². The number of hydrogen-bond donors (Lipinski definition) is 2. The van der Waals surface area contributed by atoms with Gasteiger partial charge in [-0.2, -0.15) is 0 Å². The van der Waals surface area contributed by atoms with Gasteiger partial charge in [-0.15, -0.1) is 11.8 Å². The lowest BCUT2D eigenvalue weighted by molar-refractivity contribution is -0.166. The Bertz CT molecular complexity index is 2220. The van der Waals surface area contributed by atoms with E-state index in [9.17, 15) is 43.2 Å². The Hall–Kier alpha value is -6.76. The number of nitrogens with zero attached hydrogens (tertiary/aromatic N) is 3. The summed E-state index contributed by atoms with van der Waals surface area (Å²) in [5, 5.41) is 4.35. The Labute approximate surface area is 347 Å². The molecule has 0 aliphatic carbocycles.